The third-order valence-corrected chi connectivity index (χ3v) is 8.17. The molecule has 160 valence electrons. The van der Waals surface area contributed by atoms with Gasteiger partial charge in [0.05, 0.1) is 10.8 Å². The number of hydrogen-bond acceptors (Lipinski definition) is 7. The Bertz CT molecular complexity index is 1130. The monoisotopic (exact) mass is 469 g/mol. The van der Waals surface area contributed by atoms with Crippen LogP contribution in [0.25, 0.3) is 0 Å². The number of aliphatic imine (C=N–C) groups is 1. The summed E-state index contributed by atoms with van der Waals surface area (Å²) in [6.45, 7) is 0.194. The van der Waals surface area contributed by atoms with E-state index in [-0.39, 0.29) is 23.3 Å². The van der Waals surface area contributed by atoms with Crippen molar-refractivity contribution in [3.8, 4) is 11.5 Å². The summed E-state index contributed by atoms with van der Waals surface area (Å²) >= 11 is 7.60. The van der Waals surface area contributed by atoms with Gasteiger partial charge in [0, 0.05) is 26.2 Å². The van der Waals surface area contributed by atoms with E-state index in [2.05, 4.69) is 9.71 Å². The SMILES string of the molecule is C/N=C1\SCC(O)(c2ccc(Cl)c(S(=O)(=O)NCc3ccc4c(c3)OCO4)c2)N1C. The van der Waals surface area contributed by atoms with E-state index in [0.717, 1.165) is 0 Å². The highest BCUT2D eigenvalue weighted by atomic mass is 35.5. The van der Waals surface area contributed by atoms with Crippen LogP contribution in [0.4, 0.5) is 0 Å². The maximum atomic E-state index is 13.0. The maximum absolute atomic E-state index is 13.0. The van der Waals surface area contributed by atoms with Gasteiger partial charge in [-0.15, -0.1) is 0 Å². The van der Waals surface area contributed by atoms with Crippen LogP contribution in [-0.2, 0) is 22.3 Å². The van der Waals surface area contributed by atoms with Gasteiger partial charge < -0.3 is 19.5 Å². The highest BCUT2D eigenvalue weighted by Gasteiger charge is 2.43. The second-order valence-electron chi connectivity index (χ2n) is 6.83. The summed E-state index contributed by atoms with van der Waals surface area (Å²) in [5, 5.41) is 11.9. The summed E-state index contributed by atoms with van der Waals surface area (Å²) < 4.78 is 39.1. The zero-order valence-corrected chi connectivity index (χ0v) is 18.6. The van der Waals surface area contributed by atoms with E-state index < -0.39 is 15.7 Å². The second-order valence-corrected chi connectivity index (χ2v) is 9.91. The molecule has 0 aromatic heterocycles. The van der Waals surface area contributed by atoms with Gasteiger partial charge in [-0.25, -0.2) is 13.1 Å². The Balaban J connectivity index is 1.59. The minimum atomic E-state index is -3.94. The van der Waals surface area contributed by atoms with Gasteiger partial charge in [0.1, 0.15) is 4.90 Å². The van der Waals surface area contributed by atoms with Crippen molar-refractivity contribution in [2.24, 2.45) is 4.99 Å². The Hall–Kier alpha value is -1.98. The van der Waals surface area contributed by atoms with Crippen molar-refractivity contribution in [2.45, 2.75) is 17.2 Å². The van der Waals surface area contributed by atoms with Crippen molar-refractivity contribution in [2.75, 3.05) is 26.6 Å². The molecular formula is C19H20ClN3O5S2. The molecule has 2 aromatic rings. The molecule has 8 nitrogen and oxygen atoms in total. The van der Waals surface area contributed by atoms with Crippen molar-refractivity contribution < 1.29 is 23.0 Å². The summed E-state index contributed by atoms with van der Waals surface area (Å²) in [7, 11) is -0.587. The van der Waals surface area contributed by atoms with Crippen LogP contribution in [0.3, 0.4) is 0 Å². The number of sulfonamides is 1. The molecular weight excluding hydrogens is 450 g/mol. The number of aliphatic hydroxyl groups is 1. The molecule has 2 heterocycles. The van der Waals surface area contributed by atoms with Crippen molar-refractivity contribution in [1.82, 2.24) is 9.62 Å². The zero-order chi connectivity index (χ0) is 21.5. The first-order valence-corrected chi connectivity index (χ1v) is 11.8. The molecule has 0 saturated carbocycles. The normalized spacial score (nSPS) is 22.1. The quantitative estimate of drug-likeness (QED) is 0.693. The van der Waals surface area contributed by atoms with E-state index in [1.807, 2.05) is 0 Å². The first-order valence-electron chi connectivity index (χ1n) is 8.98. The lowest BCUT2D eigenvalue weighted by Gasteiger charge is -2.31. The average molecular weight is 470 g/mol. The van der Waals surface area contributed by atoms with Crippen LogP contribution >= 0.6 is 23.4 Å². The molecule has 0 amide bonds. The second kappa shape index (κ2) is 7.93. The number of halogens is 1. The van der Waals surface area contributed by atoms with E-state index in [1.54, 1.807) is 43.3 Å². The first kappa shape index (κ1) is 21.3. The standard InChI is InChI=1S/C19H20ClN3O5S2/c1-21-18-23(2)19(24,10-29-18)13-4-5-14(20)17(8-13)30(25,26)22-9-12-3-6-15-16(7-12)28-11-27-15/h3-8,22,24H,9-11H2,1-2H3/b21-18-. The molecule has 1 fully saturated rings. The molecule has 2 aliphatic heterocycles. The zero-order valence-electron chi connectivity index (χ0n) is 16.3. The Kier molecular flexibility index (Phi) is 5.62. The van der Waals surface area contributed by atoms with Crippen molar-refractivity contribution >= 4 is 38.6 Å². The summed E-state index contributed by atoms with van der Waals surface area (Å²) in [6, 6.07) is 9.71. The van der Waals surface area contributed by atoms with Crippen molar-refractivity contribution in [1.29, 1.82) is 0 Å². The minimum Gasteiger partial charge on any atom is -0.454 e. The molecule has 1 unspecified atom stereocenters. The Morgan fingerprint density at radius 1 is 1.27 bits per heavy atom. The number of rotatable bonds is 5. The molecule has 2 N–H and O–H groups in total. The van der Waals surface area contributed by atoms with E-state index in [9.17, 15) is 13.5 Å². The molecule has 30 heavy (non-hydrogen) atoms. The molecule has 2 aliphatic rings. The van der Waals surface area contributed by atoms with Gasteiger partial charge in [-0.1, -0.05) is 35.5 Å². The predicted octanol–water partition coefficient (Wildman–Crippen LogP) is 2.36. The topological polar surface area (TPSA) is 100 Å². The van der Waals surface area contributed by atoms with Crippen molar-refractivity contribution in [3.05, 3.63) is 52.5 Å². The third-order valence-electron chi connectivity index (χ3n) is 5.02. The van der Waals surface area contributed by atoms with Gasteiger partial charge in [0.15, 0.2) is 22.4 Å². The highest BCUT2D eigenvalue weighted by Crippen LogP contribution is 2.39. The number of hydrogen-bond donors (Lipinski definition) is 2. The largest absolute Gasteiger partial charge is 0.454 e. The van der Waals surface area contributed by atoms with E-state index >= 15 is 0 Å². The van der Waals surface area contributed by atoms with Crippen LogP contribution < -0.4 is 14.2 Å². The Morgan fingerprint density at radius 2 is 2.03 bits per heavy atom. The van der Waals surface area contributed by atoms with Gasteiger partial charge in [0.25, 0.3) is 0 Å². The van der Waals surface area contributed by atoms with Gasteiger partial charge in [-0.2, -0.15) is 0 Å². The number of fused-ring (bicyclic) bond motifs is 1. The number of amidine groups is 1. The number of ether oxygens (including phenoxy) is 2. The molecule has 0 spiro atoms. The molecule has 4 rings (SSSR count). The van der Waals surface area contributed by atoms with Gasteiger partial charge >= 0.3 is 0 Å². The Labute approximate surface area is 183 Å². The number of nitrogens with zero attached hydrogens (tertiary/aromatic N) is 2. The molecule has 2 aromatic carbocycles. The van der Waals surface area contributed by atoms with Gasteiger partial charge in [-0.05, 0) is 29.8 Å². The molecule has 0 bridgehead atoms. The van der Waals surface area contributed by atoms with Crippen LogP contribution in [0, 0.1) is 0 Å². The van der Waals surface area contributed by atoms with E-state index in [4.69, 9.17) is 21.1 Å². The molecule has 0 radical (unpaired) electrons. The third kappa shape index (κ3) is 3.74. The lowest BCUT2D eigenvalue weighted by Crippen LogP contribution is -2.42. The smallest absolute Gasteiger partial charge is 0.242 e. The lowest BCUT2D eigenvalue weighted by atomic mass is 10.0. The lowest BCUT2D eigenvalue weighted by molar-refractivity contribution is -0.0349. The molecule has 1 saturated heterocycles. The first-order chi connectivity index (χ1) is 14.2. The number of benzene rings is 2. The fourth-order valence-corrected chi connectivity index (χ4v) is 5.98. The Morgan fingerprint density at radius 3 is 2.77 bits per heavy atom. The maximum Gasteiger partial charge on any atom is 0.242 e. The molecule has 0 aliphatic carbocycles. The van der Waals surface area contributed by atoms with E-state index in [1.165, 1.54) is 23.9 Å². The summed E-state index contributed by atoms with van der Waals surface area (Å²) in [5.41, 5.74) is -0.250. The van der Waals surface area contributed by atoms with Crippen molar-refractivity contribution in [3.63, 3.8) is 0 Å². The number of nitrogens with one attached hydrogen (secondary N) is 1. The summed E-state index contributed by atoms with van der Waals surface area (Å²) in [6.07, 6.45) is 0. The van der Waals surface area contributed by atoms with E-state index in [0.29, 0.717) is 33.5 Å². The van der Waals surface area contributed by atoms with Gasteiger partial charge in [-0.3, -0.25) is 4.99 Å². The van der Waals surface area contributed by atoms with Crippen LogP contribution in [0.5, 0.6) is 11.5 Å². The van der Waals surface area contributed by atoms with Gasteiger partial charge in [0.2, 0.25) is 16.8 Å². The van der Waals surface area contributed by atoms with Crippen LogP contribution in [-0.4, -0.2) is 50.2 Å². The highest BCUT2D eigenvalue weighted by molar-refractivity contribution is 8.14. The molecule has 1 atom stereocenters. The average Bonchev–Trinajstić information content (AvgIpc) is 3.31. The minimum absolute atomic E-state index is 0.0478. The summed E-state index contributed by atoms with van der Waals surface area (Å²) in [5.74, 6) is 1.52. The van der Waals surface area contributed by atoms with Crippen LogP contribution in [0.2, 0.25) is 5.02 Å². The van der Waals surface area contributed by atoms with Crippen LogP contribution in [0.1, 0.15) is 11.1 Å². The number of thioether (sulfide) groups is 1. The fourth-order valence-electron chi connectivity index (χ4n) is 3.27. The predicted molar refractivity (Wildman–Crippen MR) is 116 cm³/mol. The molecule has 11 heteroatoms. The fraction of sp³-hybridized carbons (Fsp3) is 0.316. The summed E-state index contributed by atoms with van der Waals surface area (Å²) in [4.78, 5) is 5.66. The van der Waals surface area contributed by atoms with Crippen LogP contribution in [0.15, 0.2) is 46.3 Å².